The Kier molecular flexibility index (Phi) is 6.88. The van der Waals surface area contributed by atoms with Crippen LogP contribution in [-0.4, -0.2) is 41.0 Å². The fraction of sp³-hybridized carbons (Fsp3) is 0.421. The molecule has 0 N–H and O–H groups in total. The van der Waals surface area contributed by atoms with Gasteiger partial charge < -0.3 is 14.2 Å². The average Bonchev–Trinajstić information content (AvgIpc) is 2.97. The molecule has 5 heteroatoms. The number of alkyl halides is 1. The summed E-state index contributed by atoms with van der Waals surface area (Å²) in [6, 6.07) is 12.5. The van der Waals surface area contributed by atoms with Crippen LogP contribution in [0.25, 0.3) is 0 Å². The molecular weight excluding hydrogens is 324 g/mol. The van der Waals surface area contributed by atoms with Crippen LogP contribution in [-0.2, 0) is 22.6 Å². The first-order valence-corrected chi connectivity index (χ1v) is 8.56. The van der Waals surface area contributed by atoms with Crippen molar-refractivity contribution in [3.63, 3.8) is 0 Å². The molecule has 0 bridgehead atoms. The molecule has 24 heavy (non-hydrogen) atoms. The summed E-state index contributed by atoms with van der Waals surface area (Å²) < 4.78 is 7.28. The van der Waals surface area contributed by atoms with E-state index in [1.54, 1.807) is 18.9 Å². The minimum Gasteiger partial charge on any atom is -0.383 e. The van der Waals surface area contributed by atoms with Crippen LogP contribution in [0.3, 0.4) is 0 Å². The van der Waals surface area contributed by atoms with Crippen molar-refractivity contribution in [2.75, 3.05) is 20.3 Å². The third-order valence-corrected chi connectivity index (χ3v) is 4.12. The normalized spacial score (nSPS) is 12.2. The topological polar surface area (TPSA) is 34.5 Å². The molecule has 1 aromatic heterocycles. The molecule has 1 amide bonds. The highest BCUT2D eigenvalue weighted by Crippen LogP contribution is 2.13. The van der Waals surface area contributed by atoms with E-state index in [4.69, 9.17) is 16.3 Å². The van der Waals surface area contributed by atoms with Crippen molar-refractivity contribution in [2.45, 2.75) is 32.3 Å². The summed E-state index contributed by atoms with van der Waals surface area (Å²) >= 11 is 5.99. The number of aryl methyl sites for hydroxylation is 1. The fourth-order valence-corrected chi connectivity index (χ4v) is 2.81. The van der Waals surface area contributed by atoms with E-state index in [1.807, 2.05) is 18.3 Å². The highest BCUT2D eigenvalue weighted by Gasteiger charge is 2.19. The quantitative estimate of drug-likeness (QED) is 0.685. The van der Waals surface area contributed by atoms with Crippen molar-refractivity contribution >= 4 is 17.5 Å². The summed E-state index contributed by atoms with van der Waals surface area (Å²) in [6.07, 6.45) is 2.04. The van der Waals surface area contributed by atoms with Gasteiger partial charge in [0.2, 0.25) is 5.91 Å². The minimum absolute atomic E-state index is 0.0722. The lowest BCUT2D eigenvalue weighted by atomic mass is 10.1. The van der Waals surface area contributed by atoms with E-state index in [-0.39, 0.29) is 5.91 Å². The second-order valence-electron chi connectivity index (χ2n) is 5.99. The number of ether oxygens (including phenoxy) is 1. The maximum atomic E-state index is 12.3. The molecule has 1 heterocycles. The number of hydrogen-bond donors (Lipinski definition) is 0. The van der Waals surface area contributed by atoms with Gasteiger partial charge >= 0.3 is 0 Å². The molecule has 130 valence electrons. The predicted molar refractivity (Wildman–Crippen MR) is 97.3 cm³/mol. The van der Waals surface area contributed by atoms with Crippen LogP contribution in [0.2, 0.25) is 0 Å². The van der Waals surface area contributed by atoms with Crippen molar-refractivity contribution in [2.24, 2.45) is 0 Å². The Morgan fingerprint density at radius 2 is 2.12 bits per heavy atom. The van der Waals surface area contributed by atoms with Crippen molar-refractivity contribution < 1.29 is 9.53 Å². The SMILES string of the molecule is COCCN(Cc1cccn1Cc1cccc(C)c1)C(=O)[C@@H](C)Cl. The van der Waals surface area contributed by atoms with E-state index < -0.39 is 5.38 Å². The second kappa shape index (κ2) is 8.90. The average molecular weight is 349 g/mol. The van der Waals surface area contributed by atoms with E-state index in [0.29, 0.717) is 19.7 Å². The molecule has 2 rings (SSSR count). The monoisotopic (exact) mass is 348 g/mol. The van der Waals surface area contributed by atoms with Crippen molar-refractivity contribution in [1.29, 1.82) is 0 Å². The van der Waals surface area contributed by atoms with Gasteiger partial charge in [-0.2, -0.15) is 0 Å². The number of aromatic nitrogens is 1. The first-order valence-electron chi connectivity index (χ1n) is 8.12. The summed E-state index contributed by atoms with van der Waals surface area (Å²) in [7, 11) is 1.63. The highest BCUT2D eigenvalue weighted by atomic mass is 35.5. The zero-order valence-electron chi connectivity index (χ0n) is 14.5. The number of hydrogen-bond acceptors (Lipinski definition) is 2. The molecule has 4 nitrogen and oxygen atoms in total. The number of halogens is 1. The number of benzene rings is 1. The van der Waals surface area contributed by atoms with Crippen LogP contribution in [0.5, 0.6) is 0 Å². The van der Waals surface area contributed by atoms with Crippen LogP contribution >= 0.6 is 11.6 Å². The van der Waals surface area contributed by atoms with Crippen molar-refractivity contribution in [1.82, 2.24) is 9.47 Å². The van der Waals surface area contributed by atoms with E-state index in [0.717, 1.165) is 12.2 Å². The summed E-state index contributed by atoms with van der Waals surface area (Å²) in [5.74, 6) is -0.0722. The molecule has 0 fully saturated rings. The molecule has 1 atom stereocenters. The fourth-order valence-electron chi connectivity index (χ4n) is 2.67. The maximum absolute atomic E-state index is 12.3. The van der Waals surface area contributed by atoms with Gasteiger partial charge in [0.15, 0.2) is 0 Å². The largest absolute Gasteiger partial charge is 0.383 e. The van der Waals surface area contributed by atoms with E-state index in [2.05, 4.69) is 35.8 Å². The summed E-state index contributed by atoms with van der Waals surface area (Å²) in [5, 5.41) is -0.540. The molecule has 0 aliphatic rings. The first kappa shape index (κ1) is 18.6. The molecule has 0 radical (unpaired) electrons. The second-order valence-corrected chi connectivity index (χ2v) is 6.64. The number of carbonyl (C=O) groups excluding carboxylic acids is 1. The Balaban J connectivity index is 2.13. The lowest BCUT2D eigenvalue weighted by Gasteiger charge is -2.24. The summed E-state index contributed by atoms with van der Waals surface area (Å²) in [4.78, 5) is 14.1. The number of carbonyl (C=O) groups is 1. The third-order valence-electron chi connectivity index (χ3n) is 3.93. The summed E-state index contributed by atoms with van der Waals surface area (Å²) in [6.45, 7) is 6.13. The number of nitrogens with zero attached hydrogens (tertiary/aromatic N) is 2. The van der Waals surface area contributed by atoms with E-state index in [1.165, 1.54) is 11.1 Å². The molecule has 0 aliphatic heterocycles. The number of methoxy groups -OCH3 is 1. The highest BCUT2D eigenvalue weighted by molar-refractivity contribution is 6.30. The molecule has 0 saturated carbocycles. The number of rotatable bonds is 8. The van der Waals surface area contributed by atoms with Gasteiger partial charge in [0.05, 0.1) is 13.2 Å². The standard InChI is InChI=1S/C19H25ClN2O2/c1-15-6-4-7-17(12-15)13-21-9-5-8-18(21)14-22(10-11-24-3)19(23)16(2)20/h4-9,12,16H,10-11,13-14H2,1-3H3/t16-/m1/s1. The summed E-state index contributed by atoms with van der Waals surface area (Å²) in [5.41, 5.74) is 3.57. The van der Waals surface area contributed by atoms with Crippen LogP contribution in [0, 0.1) is 6.92 Å². The lowest BCUT2D eigenvalue weighted by Crippen LogP contribution is -2.38. The van der Waals surface area contributed by atoms with Gasteiger partial charge in [0, 0.05) is 32.1 Å². The van der Waals surface area contributed by atoms with Crippen LogP contribution < -0.4 is 0 Å². The van der Waals surface area contributed by atoms with Gasteiger partial charge in [-0.05, 0) is 31.5 Å². The predicted octanol–water partition coefficient (Wildman–Crippen LogP) is 3.45. The Morgan fingerprint density at radius 3 is 2.79 bits per heavy atom. The molecular formula is C19H25ClN2O2. The first-order chi connectivity index (χ1) is 11.5. The van der Waals surface area contributed by atoms with Gasteiger partial charge in [-0.1, -0.05) is 29.8 Å². The maximum Gasteiger partial charge on any atom is 0.240 e. The Morgan fingerprint density at radius 1 is 1.33 bits per heavy atom. The van der Waals surface area contributed by atoms with Gasteiger partial charge in [0.25, 0.3) is 0 Å². The molecule has 0 aliphatic carbocycles. The Bertz CT molecular complexity index is 667. The molecule has 0 unspecified atom stereocenters. The van der Waals surface area contributed by atoms with Crippen LogP contribution in [0.4, 0.5) is 0 Å². The van der Waals surface area contributed by atoms with Crippen molar-refractivity contribution in [3.05, 3.63) is 59.4 Å². The van der Waals surface area contributed by atoms with Crippen LogP contribution in [0.15, 0.2) is 42.6 Å². The molecule has 0 spiro atoms. The van der Waals surface area contributed by atoms with Crippen molar-refractivity contribution in [3.8, 4) is 0 Å². The van der Waals surface area contributed by atoms with Gasteiger partial charge in [0.1, 0.15) is 5.38 Å². The minimum atomic E-state index is -0.540. The lowest BCUT2D eigenvalue weighted by molar-refractivity contribution is -0.131. The van der Waals surface area contributed by atoms with E-state index in [9.17, 15) is 4.79 Å². The Hall–Kier alpha value is -1.78. The molecule has 2 aromatic rings. The molecule has 1 aromatic carbocycles. The van der Waals surface area contributed by atoms with Gasteiger partial charge in [-0.25, -0.2) is 0 Å². The zero-order valence-corrected chi connectivity index (χ0v) is 15.3. The third kappa shape index (κ3) is 5.11. The van der Waals surface area contributed by atoms with Gasteiger partial charge in [-0.15, -0.1) is 11.6 Å². The number of amides is 1. The van der Waals surface area contributed by atoms with Gasteiger partial charge in [-0.3, -0.25) is 4.79 Å². The van der Waals surface area contributed by atoms with Crippen LogP contribution in [0.1, 0.15) is 23.7 Å². The zero-order chi connectivity index (χ0) is 17.5. The smallest absolute Gasteiger partial charge is 0.240 e. The Labute approximate surface area is 149 Å². The molecule has 0 saturated heterocycles. The van der Waals surface area contributed by atoms with E-state index >= 15 is 0 Å².